The van der Waals surface area contributed by atoms with Crippen molar-refractivity contribution in [2.24, 2.45) is 5.41 Å². The Morgan fingerprint density at radius 1 is 1.40 bits per heavy atom. The number of carbonyl (C=O) groups is 3. The number of esters is 1. The molecule has 1 unspecified atom stereocenters. The van der Waals surface area contributed by atoms with Gasteiger partial charge in [0.25, 0.3) is 0 Å². The van der Waals surface area contributed by atoms with Crippen molar-refractivity contribution in [3.8, 4) is 11.8 Å². The van der Waals surface area contributed by atoms with Gasteiger partial charge in [0.2, 0.25) is 5.78 Å². The molecule has 0 bridgehead atoms. The number of carbonyl (C=O) groups excluding carboxylic acids is 3. The molecule has 0 aromatic rings. The topological polar surface area (TPSA) is 60.4 Å². The molecule has 0 N–H and O–H groups in total. The maximum Gasteiger partial charge on any atom is 0.320 e. The summed E-state index contributed by atoms with van der Waals surface area (Å²) in [6.45, 7) is 5.21. The highest BCUT2D eigenvalue weighted by Crippen LogP contribution is 2.35. The Balaban J connectivity index is 3.12. The summed E-state index contributed by atoms with van der Waals surface area (Å²) in [6.07, 6.45) is 3.19. The highest BCUT2D eigenvalue weighted by molar-refractivity contribution is 6.05. The summed E-state index contributed by atoms with van der Waals surface area (Å²) < 4.78 is 5.06. The fourth-order valence-corrected chi connectivity index (χ4v) is 2.14. The van der Waals surface area contributed by atoms with E-state index in [1.165, 1.54) is 6.92 Å². The second kappa shape index (κ2) is 7.04. The fourth-order valence-electron chi connectivity index (χ4n) is 2.14. The van der Waals surface area contributed by atoms with Gasteiger partial charge in [-0.2, -0.15) is 0 Å². The van der Waals surface area contributed by atoms with Crippen molar-refractivity contribution in [3.63, 3.8) is 0 Å². The Bertz CT molecular complexity index is 504. The molecule has 0 heterocycles. The standard InChI is InChI=1S/C16H20O4/c1-4-20-15(19)16(10-5-6-13(3)17)11-9-12(2)7-8-14(16)18/h9H,4,7-8,10-11H2,1-3H3. The van der Waals surface area contributed by atoms with E-state index in [0.717, 1.165) is 5.57 Å². The number of hydrogen-bond donors (Lipinski definition) is 0. The van der Waals surface area contributed by atoms with Crippen LogP contribution in [0, 0.1) is 17.3 Å². The summed E-state index contributed by atoms with van der Waals surface area (Å²) in [5.41, 5.74) is -0.167. The number of hydrogen-bond acceptors (Lipinski definition) is 4. The van der Waals surface area contributed by atoms with E-state index in [4.69, 9.17) is 4.74 Å². The van der Waals surface area contributed by atoms with Gasteiger partial charge in [-0.3, -0.25) is 14.4 Å². The molecular weight excluding hydrogens is 256 g/mol. The summed E-state index contributed by atoms with van der Waals surface area (Å²) in [5.74, 6) is 4.09. The van der Waals surface area contributed by atoms with E-state index < -0.39 is 11.4 Å². The minimum Gasteiger partial charge on any atom is -0.465 e. The van der Waals surface area contributed by atoms with Gasteiger partial charge >= 0.3 is 5.97 Å². The molecule has 0 saturated heterocycles. The Morgan fingerprint density at radius 3 is 2.70 bits per heavy atom. The zero-order chi connectivity index (χ0) is 15.2. The van der Waals surface area contributed by atoms with Gasteiger partial charge in [0.1, 0.15) is 5.41 Å². The molecule has 0 radical (unpaired) electrons. The predicted octanol–water partition coefficient (Wildman–Crippen LogP) is 2.22. The van der Waals surface area contributed by atoms with Crippen molar-refractivity contribution < 1.29 is 19.1 Å². The quantitative estimate of drug-likeness (QED) is 0.261. The molecule has 1 rings (SSSR count). The molecule has 0 spiro atoms. The van der Waals surface area contributed by atoms with Gasteiger partial charge in [0.15, 0.2) is 5.78 Å². The van der Waals surface area contributed by atoms with Gasteiger partial charge in [-0.1, -0.05) is 17.6 Å². The van der Waals surface area contributed by atoms with Crippen molar-refractivity contribution >= 4 is 17.5 Å². The summed E-state index contributed by atoms with van der Waals surface area (Å²) in [5, 5.41) is 0. The molecule has 4 nitrogen and oxygen atoms in total. The molecule has 0 aromatic carbocycles. The predicted molar refractivity (Wildman–Crippen MR) is 74.8 cm³/mol. The number of rotatable bonds is 3. The Morgan fingerprint density at radius 2 is 2.10 bits per heavy atom. The van der Waals surface area contributed by atoms with Crippen molar-refractivity contribution in [2.75, 3.05) is 6.61 Å². The van der Waals surface area contributed by atoms with E-state index in [0.29, 0.717) is 19.3 Å². The zero-order valence-electron chi connectivity index (χ0n) is 12.2. The molecule has 0 amide bonds. The molecule has 1 aliphatic rings. The second-order valence-corrected chi connectivity index (χ2v) is 5.02. The van der Waals surface area contributed by atoms with E-state index in [1.807, 2.05) is 13.0 Å². The maximum atomic E-state index is 12.4. The third-order valence-electron chi connectivity index (χ3n) is 3.40. The first-order chi connectivity index (χ1) is 9.42. The summed E-state index contributed by atoms with van der Waals surface area (Å²) >= 11 is 0. The number of ketones is 2. The van der Waals surface area contributed by atoms with E-state index in [2.05, 4.69) is 11.8 Å². The van der Waals surface area contributed by atoms with Crippen LogP contribution >= 0.6 is 0 Å². The average molecular weight is 276 g/mol. The third kappa shape index (κ3) is 3.80. The molecule has 108 valence electrons. The van der Waals surface area contributed by atoms with Crippen LogP contribution in [0.1, 0.15) is 46.5 Å². The lowest BCUT2D eigenvalue weighted by molar-refractivity contribution is -0.159. The van der Waals surface area contributed by atoms with Gasteiger partial charge < -0.3 is 4.74 Å². The minimum atomic E-state index is -1.25. The SMILES string of the molecule is CCOC(=O)C1(CC#CC(C)=O)CC=C(C)CCC1=O. The third-order valence-corrected chi connectivity index (χ3v) is 3.40. The molecule has 4 heteroatoms. The maximum absolute atomic E-state index is 12.4. The van der Waals surface area contributed by atoms with Crippen LogP contribution in [0.5, 0.6) is 0 Å². The van der Waals surface area contributed by atoms with E-state index in [1.54, 1.807) is 6.92 Å². The smallest absolute Gasteiger partial charge is 0.320 e. The molecule has 0 aromatic heterocycles. The minimum absolute atomic E-state index is 0.0357. The van der Waals surface area contributed by atoms with Crippen LogP contribution in [0.4, 0.5) is 0 Å². The van der Waals surface area contributed by atoms with Gasteiger partial charge in [0.05, 0.1) is 6.61 Å². The monoisotopic (exact) mass is 276 g/mol. The van der Waals surface area contributed by atoms with Crippen LogP contribution in [-0.4, -0.2) is 24.1 Å². The fraction of sp³-hybridized carbons (Fsp3) is 0.562. The number of allylic oxidation sites excluding steroid dienone is 2. The van der Waals surface area contributed by atoms with Crippen LogP contribution in [0.3, 0.4) is 0 Å². The van der Waals surface area contributed by atoms with Gasteiger partial charge in [-0.25, -0.2) is 0 Å². The molecule has 0 saturated carbocycles. The molecule has 0 aliphatic heterocycles. The molecule has 20 heavy (non-hydrogen) atoms. The van der Waals surface area contributed by atoms with E-state index in [9.17, 15) is 14.4 Å². The highest BCUT2D eigenvalue weighted by atomic mass is 16.5. The van der Waals surface area contributed by atoms with Crippen molar-refractivity contribution in [1.82, 2.24) is 0 Å². The lowest BCUT2D eigenvalue weighted by Crippen LogP contribution is -2.39. The van der Waals surface area contributed by atoms with Crippen molar-refractivity contribution in [3.05, 3.63) is 11.6 Å². The second-order valence-electron chi connectivity index (χ2n) is 5.02. The van der Waals surface area contributed by atoms with E-state index in [-0.39, 0.29) is 24.6 Å². The molecule has 1 atom stereocenters. The van der Waals surface area contributed by atoms with Crippen LogP contribution in [0.2, 0.25) is 0 Å². The zero-order valence-corrected chi connectivity index (χ0v) is 12.2. The average Bonchev–Trinajstić information content (AvgIpc) is 2.52. The van der Waals surface area contributed by atoms with Crippen molar-refractivity contribution in [2.45, 2.75) is 46.5 Å². The van der Waals surface area contributed by atoms with Gasteiger partial charge in [-0.05, 0) is 32.6 Å². The molecule has 0 fully saturated rings. The first-order valence-corrected chi connectivity index (χ1v) is 6.78. The van der Waals surface area contributed by atoms with Crippen LogP contribution in [-0.2, 0) is 19.1 Å². The van der Waals surface area contributed by atoms with Crippen LogP contribution in [0.15, 0.2) is 11.6 Å². The Hall–Kier alpha value is -1.89. The Labute approximate surface area is 119 Å². The molecular formula is C16H20O4. The first kappa shape index (κ1) is 16.2. The van der Waals surface area contributed by atoms with Gasteiger partial charge in [0, 0.05) is 19.8 Å². The normalized spacial score (nSPS) is 22.1. The van der Waals surface area contributed by atoms with Gasteiger partial charge in [-0.15, -0.1) is 0 Å². The molecule has 1 aliphatic carbocycles. The summed E-state index contributed by atoms with van der Waals surface area (Å²) in [4.78, 5) is 35.5. The Kier molecular flexibility index (Phi) is 5.69. The van der Waals surface area contributed by atoms with Crippen molar-refractivity contribution in [1.29, 1.82) is 0 Å². The number of ether oxygens (including phenoxy) is 1. The summed E-state index contributed by atoms with van der Waals surface area (Å²) in [7, 11) is 0. The summed E-state index contributed by atoms with van der Waals surface area (Å²) in [6, 6.07) is 0. The number of Topliss-reactive ketones (excluding diaryl/α,β-unsaturated/α-hetero) is 2. The lowest BCUT2D eigenvalue weighted by Gasteiger charge is -2.26. The van der Waals surface area contributed by atoms with Crippen LogP contribution in [0.25, 0.3) is 0 Å². The van der Waals surface area contributed by atoms with Crippen LogP contribution < -0.4 is 0 Å². The first-order valence-electron chi connectivity index (χ1n) is 6.78. The highest BCUT2D eigenvalue weighted by Gasteiger charge is 2.46. The largest absolute Gasteiger partial charge is 0.465 e. The lowest BCUT2D eigenvalue weighted by atomic mass is 9.77. The van der Waals surface area contributed by atoms with E-state index >= 15 is 0 Å².